The second-order valence-corrected chi connectivity index (χ2v) is 6.07. The van der Waals surface area contributed by atoms with Gasteiger partial charge in [-0.3, -0.25) is 4.79 Å². The van der Waals surface area contributed by atoms with Gasteiger partial charge in [0.05, 0.1) is 19.0 Å². The predicted molar refractivity (Wildman–Crippen MR) is 91.0 cm³/mol. The lowest BCUT2D eigenvalue weighted by atomic mass is 10.1. The molecular formula is C17H22N4O2. The number of amides is 1. The number of anilines is 2. The molecule has 0 saturated heterocycles. The van der Waals surface area contributed by atoms with E-state index in [1.54, 1.807) is 30.5 Å². The summed E-state index contributed by atoms with van der Waals surface area (Å²) in [5.74, 6) is 1.10. The van der Waals surface area contributed by atoms with Gasteiger partial charge >= 0.3 is 0 Å². The van der Waals surface area contributed by atoms with Crippen molar-refractivity contribution in [1.29, 1.82) is 0 Å². The summed E-state index contributed by atoms with van der Waals surface area (Å²) in [7, 11) is 0. The van der Waals surface area contributed by atoms with E-state index >= 15 is 0 Å². The van der Waals surface area contributed by atoms with Gasteiger partial charge in [0.2, 0.25) is 0 Å². The molecule has 0 unspecified atom stereocenters. The Morgan fingerprint density at radius 3 is 2.35 bits per heavy atom. The number of hydrogen-bond donors (Lipinski definition) is 2. The molecule has 2 N–H and O–H groups in total. The second-order valence-electron chi connectivity index (χ2n) is 6.07. The molecule has 1 aromatic carbocycles. The Morgan fingerprint density at radius 2 is 1.83 bits per heavy atom. The van der Waals surface area contributed by atoms with Crippen LogP contribution in [0.5, 0.6) is 5.75 Å². The number of nitrogens with zero attached hydrogens (tertiary/aromatic N) is 2. The molecule has 0 aliphatic carbocycles. The molecule has 0 atom stereocenters. The zero-order valence-electron chi connectivity index (χ0n) is 13.9. The highest BCUT2D eigenvalue weighted by molar-refractivity contribution is 6.02. The van der Waals surface area contributed by atoms with Crippen LogP contribution in [0.2, 0.25) is 0 Å². The topological polar surface area (TPSA) is 76.1 Å². The van der Waals surface area contributed by atoms with Crippen molar-refractivity contribution >= 4 is 17.4 Å². The number of ether oxygens (including phenoxy) is 1. The summed E-state index contributed by atoms with van der Waals surface area (Å²) in [6.07, 6.45) is 3.01. The third kappa shape index (κ3) is 5.25. The van der Waals surface area contributed by atoms with Crippen LogP contribution in [0.3, 0.4) is 0 Å². The highest BCUT2D eigenvalue weighted by Crippen LogP contribution is 2.16. The van der Waals surface area contributed by atoms with Gasteiger partial charge in [-0.1, -0.05) is 0 Å². The molecule has 0 saturated carbocycles. The molecule has 0 spiro atoms. The van der Waals surface area contributed by atoms with Crippen LogP contribution in [-0.2, 0) is 0 Å². The van der Waals surface area contributed by atoms with E-state index in [0.29, 0.717) is 18.1 Å². The minimum atomic E-state index is -0.302. The average molecular weight is 314 g/mol. The number of nitrogens with one attached hydrogen (secondary N) is 2. The van der Waals surface area contributed by atoms with Crippen LogP contribution in [0.1, 0.15) is 38.2 Å². The molecular weight excluding hydrogens is 292 g/mol. The first kappa shape index (κ1) is 16.7. The van der Waals surface area contributed by atoms with E-state index in [-0.39, 0.29) is 17.1 Å². The molecule has 1 aromatic heterocycles. The minimum Gasteiger partial charge on any atom is -0.494 e. The smallest absolute Gasteiger partial charge is 0.275 e. The van der Waals surface area contributed by atoms with Crippen LogP contribution < -0.4 is 15.4 Å². The van der Waals surface area contributed by atoms with Crippen LogP contribution in [0, 0.1) is 0 Å². The number of carbonyl (C=O) groups is 1. The molecule has 0 fully saturated rings. The number of carbonyl (C=O) groups excluding carboxylic acids is 1. The van der Waals surface area contributed by atoms with Crippen molar-refractivity contribution in [2.24, 2.45) is 0 Å². The third-order valence-corrected chi connectivity index (χ3v) is 2.81. The standard InChI is InChI=1S/C17H22N4O2/c1-5-23-13-8-6-12(7-9-13)20-16(22)14-10-19-15(11-18-14)21-17(2,3)4/h6-11H,5H2,1-4H3,(H,19,21)(H,20,22). The quantitative estimate of drug-likeness (QED) is 0.885. The Labute approximate surface area is 136 Å². The summed E-state index contributed by atoms with van der Waals surface area (Å²) in [6.45, 7) is 8.62. The fraction of sp³-hybridized carbons (Fsp3) is 0.353. The molecule has 6 heteroatoms. The Morgan fingerprint density at radius 1 is 1.13 bits per heavy atom. The zero-order chi connectivity index (χ0) is 16.9. The van der Waals surface area contributed by atoms with Gasteiger partial charge in [0.25, 0.3) is 5.91 Å². The Bertz CT molecular complexity index is 646. The SMILES string of the molecule is CCOc1ccc(NC(=O)c2cnc(NC(C)(C)C)cn2)cc1. The largest absolute Gasteiger partial charge is 0.494 e. The summed E-state index contributed by atoms with van der Waals surface area (Å²) < 4.78 is 5.36. The number of aromatic nitrogens is 2. The van der Waals surface area contributed by atoms with E-state index in [2.05, 4.69) is 20.6 Å². The first-order valence-electron chi connectivity index (χ1n) is 7.52. The lowest BCUT2D eigenvalue weighted by Gasteiger charge is -2.20. The fourth-order valence-electron chi connectivity index (χ4n) is 1.89. The van der Waals surface area contributed by atoms with Crippen molar-refractivity contribution in [2.75, 3.05) is 17.2 Å². The summed E-state index contributed by atoms with van der Waals surface area (Å²) in [5, 5.41) is 5.97. The molecule has 0 radical (unpaired) electrons. The lowest BCUT2D eigenvalue weighted by molar-refractivity contribution is 0.102. The first-order valence-corrected chi connectivity index (χ1v) is 7.52. The van der Waals surface area contributed by atoms with Gasteiger partial charge in [-0.2, -0.15) is 0 Å². The maximum atomic E-state index is 12.2. The Balaban J connectivity index is 2.00. The lowest BCUT2D eigenvalue weighted by Crippen LogP contribution is -2.27. The maximum absolute atomic E-state index is 12.2. The highest BCUT2D eigenvalue weighted by atomic mass is 16.5. The van der Waals surface area contributed by atoms with E-state index < -0.39 is 0 Å². The van der Waals surface area contributed by atoms with Crippen molar-refractivity contribution in [1.82, 2.24) is 9.97 Å². The van der Waals surface area contributed by atoms with Crippen LogP contribution in [0.25, 0.3) is 0 Å². The van der Waals surface area contributed by atoms with Gasteiger partial charge < -0.3 is 15.4 Å². The zero-order valence-corrected chi connectivity index (χ0v) is 13.9. The van der Waals surface area contributed by atoms with Crippen LogP contribution in [-0.4, -0.2) is 28.0 Å². The predicted octanol–water partition coefficient (Wildman–Crippen LogP) is 3.34. The molecule has 0 aliphatic heterocycles. The van der Waals surface area contributed by atoms with E-state index in [9.17, 15) is 4.79 Å². The molecule has 2 rings (SSSR count). The molecule has 1 amide bonds. The van der Waals surface area contributed by atoms with E-state index in [1.807, 2.05) is 27.7 Å². The van der Waals surface area contributed by atoms with Crippen molar-refractivity contribution < 1.29 is 9.53 Å². The van der Waals surface area contributed by atoms with Crippen LogP contribution in [0.15, 0.2) is 36.7 Å². The van der Waals surface area contributed by atoms with Gasteiger partial charge in [-0.25, -0.2) is 9.97 Å². The minimum absolute atomic E-state index is 0.110. The fourth-order valence-corrected chi connectivity index (χ4v) is 1.89. The Hall–Kier alpha value is -2.63. The monoisotopic (exact) mass is 314 g/mol. The number of rotatable bonds is 5. The van der Waals surface area contributed by atoms with E-state index in [1.165, 1.54) is 6.20 Å². The number of hydrogen-bond acceptors (Lipinski definition) is 5. The highest BCUT2D eigenvalue weighted by Gasteiger charge is 2.12. The van der Waals surface area contributed by atoms with E-state index in [0.717, 1.165) is 5.75 Å². The molecule has 6 nitrogen and oxygen atoms in total. The molecule has 0 aliphatic rings. The first-order chi connectivity index (χ1) is 10.9. The van der Waals surface area contributed by atoms with Crippen molar-refractivity contribution in [3.8, 4) is 5.75 Å². The summed E-state index contributed by atoms with van der Waals surface area (Å²) in [4.78, 5) is 20.5. The van der Waals surface area contributed by atoms with Crippen molar-refractivity contribution in [3.63, 3.8) is 0 Å². The van der Waals surface area contributed by atoms with Gasteiger partial charge in [-0.15, -0.1) is 0 Å². The van der Waals surface area contributed by atoms with Crippen LogP contribution >= 0.6 is 0 Å². The summed E-state index contributed by atoms with van der Waals surface area (Å²) >= 11 is 0. The molecule has 2 aromatic rings. The van der Waals surface area contributed by atoms with Gasteiger partial charge in [0.15, 0.2) is 0 Å². The third-order valence-electron chi connectivity index (χ3n) is 2.81. The Kier molecular flexibility index (Phi) is 5.16. The molecule has 1 heterocycles. The van der Waals surface area contributed by atoms with Crippen molar-refractivity contribution in [2.45, 2.75) is 33.2 Å². The molecule has 0 bridgehead atoms. The normalized spacial score (nSPS) is 11.0. The van der Waals surface area contributed by atoms with Gasteiger partial charge in [0, 0.05) is 11.2 Å². The molecule has 122 valence electrons. The average Bonchev–Trinajstić information content (AvgIpc) is 2.48. The molecule has 23 heavy (non-hydrogen) atoms. The summed E-state index contributed by atoms with van der Waals surface area (Å²) in [5.41, 5.74) is 0.830. The van der Waals surface area contributed by atoms with E-state index in [4.69, 9.17) is 4.74 Å². The van der Waals surface area contributed by atoms with Gasteiger partial charge in [-0.05, 0) is 52.0 Å². The second kappa shape index (κ2) is 7.09. The summed E-state index contributed by atoms with van der Waals surface area (Å²) in [6, 6.07) is 7.18. The van der Waals surface area contributed by atoms with Crippen LogP contribution in [0.4, 0.5) is 11.5 Å². The van der Waals surface area contributed by atoms with Gasteiger partial charge in [0.1, 0.15) is 17.3 Å². The van der Waals surface area contributed by atoms with Crippen molar-refractivity contribution in [3.05, 3.63) is 42.4 Å². The number of benzene rings is 1. The maximum Gasteiger partial charge on any atom is 0.275 e.